The molecular weight excluding hydrogens is 312 g/mol. The molecule has 0 saturated heterocycles. The van der Waals surface area contributed by atoms with E-state index in [2.05, 4.69) is 65.5 Å². The number of aromatic nitrogens is 2. The number of hydrogen-bond donors (Lipinski definition) is 1. The molecule has 0 atom stereocenters. The number of benzene rings is 2. The molecule has 0 aliphatic heterocycles. The van der Waals surface area contributed by atoms with Crippen molar-refractivity contribution >= 4 is 11.4 Å². The summed E-state index contributed by atoms with van der Waals surface area (Å²) < 4.78 is 5.74. The SMILES string of the molecule is CCN(CC)c1ccc(NCc2nnc(-c3ccc(C)cc3)o2)cc1. The van der Waals surface area contributed by atoms with Crippen LogP contribution in [0.1, 0.15) is 25.3 Å². The van der Waals surface area contributed by atoms with E-state index in [1.165, 1.54) is 11.3 Å². The molecular formula is C20H24N4O. The topological polar surface area (TPSA) is 54.2 Å². The first-order chi connectivity index (χ1) is 12.2. The van der Waals surface area contributed by atoms with E-state index in [0.29, 0.717) is 18.3 Å². The van der Waals surface area contributed by atoms with Gasteiger partial charge < -0.3 is 14.6 Å². The molecule has 5 heteroatoms. The Morgan fingerprint density at radius 3 is 2.24 bits per heavy atom. The van der Waals surface area contributed by atoms with Gasteiger partial charge in [-0.3, -0.25) is 0 Å². The molecule has 1 N–H and O–H groups in total. The van der Waals surface area contributed by atoms with E-state index >= 15 is 0 Å². The van der Waals surface area contributed by atoms with Gasteiger partial charge in [-0.05, 0) is 57.2 Å². The first-order valence-corrected chi connectivity index (χ1v) is 8.68. The molecule has 5 nitrogen and oxygen atoms in total. The third kappa shape index (κ3) is 4.18. The number of aryl methyl sites for hydroxylation is 1. The van der Waals surface area contributed by atoms with Crippen molar-refractivity contribution in [1.29, 1.82) is 0 Å². The molecule has 0 fully saturated rings. The quantitative estimate of drug-likeness (QED) is 0.688. The van der Waals surface area contributed by atoms with Gasteiger partial charge in [-0.25, -0.2) is 0 Å². The first kappa shape index (κ1) is 17.0. The fourth-order valence-corrected chi connectivity index (χ4v) is 2.69. The van der Waals surface area contributed by atoms with Gasteiger partial charge in [-0.1, -0.05) is 17.7 Å². The number of anilines is 2. The zero-order chi connectivity index (χ0) is 17.6. The van der Waals surface area contributed by atoms with Crippen LogP contribution in [0.2, 0.25) is 0 Å². The second kappa shape index (κ2) is 7.83. The summed E-state index contributed by atoms with van der Waals surface area (Å²) in [5, 5.41) is 11.6. The molecule has 0 aliphatic rings. The Labute approximate surface area is 148 Å². The van der Waals surface area contributed by atoms with Crippen LogP contribution in [-0.4, -0.2) is 23.3 Å². The van der Waals surface area contributed by atoms with Gasteiger partial charge in [0.25, 0.3) is 0 Å². The molecule has 0 unspecified atom stereocenters. The van der Waals surface area contributed by atoms with Crippen LogP contribution in [0.15, 0.2) is 52.9 Å². The summed E-state index contributed by atoms with van der Waals surface area (Å²) in [6, 6.07) is 16.5. The van der Waals surface area contributed by atoms with Crippen LogP contribution in [0.5, 0.6) is 0 Å². The van der Waals surface area contributed by atoms with Crippen molar-refractivity contribution in [1.82, 2.24) is 10.2 Å². The molecule has 1 heterocycles. The summed E-state index contributed by atoms with van der Waals surface area (Å²) in [7, 11) is 0. The summed E-state index contributed by atoms with van der Waals surface area (Å²) in [5.41, 5.74) is 4.41. The summed E-state index contributed by atoms with van der Waals surface area (Å²) in [5.74, 6) is 1.12. The van der Waals surface area contributed by atoms with Crippen molar-refractivity contribution in [3.8, 4) is 11.5 Å². The number of hydrogen-bond acceptors (Lipinski definition) is 5. The number of rotatable bonds is 7. The Bertz CT molecular complexity index is 789. The van der Waals surface area contributed by atoms with Crippen molar-refractivity contribution in [2.75, 3.05) is 23.3 Å². The maximum atomic E-state index is 5.74. The van der Waals surface area contributed by atoms with Crippen LogP contribution in [0.3, 0.4) is 0 Å². The van der Waals surface area contributed by atoms with Crippen LogP contribution < -0.4 is 10.2 Å². The molecule has 0 aliphatic carbocycles. The zero-order valence-electron chi connectivity index (χ0n) is 15.0. The van der Waals surface area contributed by atoms with E-state index < -0.39 is 0 Å². The normalized spacial score (nSPS) is 10.7. The maximum absolute atomic E-state index is 5.74. The van der Waals surface area contributed by atoms with Gasteiger partial charge in [-0.2, -0.15) is 0 Å². The van der Waals surface area contributed by atoms with E-state index in [0.717, 1.165) is 24.3 Å². The Hall–Kier alpha value is -2.82. The summed E-state index contributed by atoms with van der Waals surface area (Å²) in [4.78, 5) is 2.32. The monoisotopic (exact) mass is 336 g/mol. The molecule has 0 radical (unpaired) electrons. The van der Waals surface area contributed by atoms with Gasteiger partial charge in [-0.15, -0.1) is 10.2 Å². The standard InChI is InChI=1S/C20H24N4O/c1-4-24(5-2)18-12-10-17(11-13-18)21-14-19-22-23-20(25-19)16-8-6-15(3)7-9-16/h6-13,21H,4-5,14H2,1-3H3. The van der Waals surface area contributed by atoms with E-state index in [-0.39, 0.29) is 0 Å². The minimum atomic E-state index is 0.503. The molecule has 25 heavy (non-hydrogen) atoms. The Morgan fingerprint density at radius 2 is 1.60 bits per heavy atom. The smallest absolute Gasteiger partial charge is 0.247 e. The Morgan fingerprint density at radius 1 is 0.920 bits per heavy atom. The lowest BCUT2D eigenvalue weighted by Crippen LogP contribution is -2.21. The predicted octanol–water partition coefficient (Wildman–Crippen LogP) is 4.50. The van der Waals surface area contributed by atoms with Crippen molar-refractivity contribution in [2.45, 2.75) is 27.3 Å². The van der Waals surface area contributed by atoms with Crippen LogP contribution in [-0.2, 0) is 6.54 Å². The second-order valence-electron chi connectivity index (χ2n) is 5.94. The Balaban J connectivity index is 1.61. The van der Waals surface area contributed by atoms with Crippen LogP contribution >= 0.6 is 0 Å². The van der Waals surface area contributed by atoms with Gasteiger partial charge >= 0.3 is 0 Å². The number of nitrogens with zero attached hydrogens (tertiary/aromatic N) is 3. The van der Waals surface area contributed by atoms with E-state index in [1.54, 1.807) is 0 Å². The Kier molecular flexibility index (Phi) is 5.33. The van der Waals surface area contributed by atoms with Crippen molar-refractivity contribution in [3.05, 3.63) is 60.0 Å². The predicted molar refractivity (Wildman–Crippen MR) is 102 cm³/mol. The average molecular weight is 336 g/mol. The second-order valence-corrected chi connectivity index (χ2v) is 5.94. The highest BCUT2D eigenvalue weighted by Gasteiger charge is 2.08. The molecule has 3 aromatic rings. The van der Waals surface area contributed by atoms with Gasteiger partial charge in [0.15, 0.2) is 0 Å². The number of nitrogens with one attached hydrogen (secondary N) is 1. The summed E-state index contributed by atoms with van der Waals surface area (Å²) in [6.45, 7) is 8.90. The highest BCUT2D eigenvalue weighted by molar-refractivity contribution is 5.55. The third-order valence-corrected chi connectivity index (χ3v) is 4.20. The van der Waals surface area contributed by atoms with E-state index in [4.69, 9.17) is 4.42 Å². The molecule has 0 bridgehead atoms. The molecule has 1 aromatic heterocycles. The highest BCUT2D eigenvalue weighted by atomic mass is 16.4. The summed E-state index contributed by atoms with van der Waals surface area (Å²) >= 11 is 0. The van der Waals surface area contributed by atoms with Crippen molar-refractivity contribution in [3.63, 3.8) is 0 Å². The van der Waals surface area contributed by atoms with Gasteiger partial charge in [0, 0.05) is 30.0 Å². The van der Waals surface area contributed by atoms with Crippen LogP contribution in [0.4, 0.5) is 11.4 Å². The van der Waals surface area contributed by atoms with Crippen LogP contribution in [0.25, 0.3) is 11.5 Å². The first-order valence-electron chi connectivity index (χ1n) is 8.68. The van der Waals surface area contributed by atoms with E-state index in [1.807, 2.05) is 24.3 Å². The van der Waals surface area contributed by atoms with Gasteiger partial charge in [0.05, 0.1) is 6.54 Å². The zero-order valence-corrected chi connectivity index (χ0v) is 15.0. The van der Waals surface area contributed by atoms with Gasteiger partial charge in [0.1, 0.15) is 0 Å². The maximum Gasteiger partial charge on any atom is 0.247 e. The van der Waals surface area contributed by atoms with E-state index in [9.17, 15) is 0 Å². The van der Waals surface area contributed by atoms with Crippen molar-refractivity contribution < 1.29 is 4.42 Å². The fourth-order valence-electron chi connectivity index (χ4n) is 2.69. The molecule has 0 saturated carbocycles. The molecule has 130 valence electrons. The highest BCUT2D eigenvalue weighted by Crippen LogP contribution is 2.20. The lowest BCUT2D eigenvalue weighted by Gasteiger charge is -2.21. The minimum Gasteiger partial charge on any atom is -0.419 e. The minimum absolute atomic E-state index is 0.503. The molecule has 2 aromatic carbocycles. The molecule has 3 rings (SSSR count). The lowest BCUT2D eigenvalue weighted by molar-refractivity contribution is 0.515. The molecule has 0 spiro atoms. The summed E-state index contributed by atoms with van der Waals surface area (Å²) in [6.07, 6.45) is 0. The third-order valence-electron chi connectivity index (χ3n) is 4.20. The lowest BCUT2D eigenvalue weighted by atomic mass is 10.1. The van der Waals surface area contributed by atoms with Crippen molar-refractivity contribution in [2.24, 2.45) is 0 Å². The van der Waals surface area contributed by atoms with Gasteiger partial charge in [0.2, 0.25) is 11.8 Å². The largest absolute Gasteiger partial charge is 0.419 e. The fraction of sp³-hybridized carbons (Fsp3) is 0.300. The average Bonchev–Trinajstić information content (AvgIpc) is 3.12. The molecule has 0 amide bonds. The van der Waals surface area contributed by atoms with Crippen LogP contribution in [0, 0.1) is 6.92 Å².